The number of nitrogen functional groups attached to an aromatic ring is 1. The van der Waals surface area contributed by atoms with E-state index in [4.69, 9.17) is 5.73 Å². The second-order valence-electron chi connectivity index (χ2n) is 3.22. The maximum Gasteiger partial charge on any atom is 0.233 e. The quantitative estimate of drug-likeness (QED) is 0.606. The average molecular weight is 224 g/mol. The highest BCUT2D eigenvalue weighted by Gasteiger charge is 2.12. The summed E-state index contributed by atoms with van der Waals surface area (Å²) in [6.45, 7) is 4.48. The van der Waals surface area contributed by atoms with Gasteiger partial charge in [0, 0.05) is 17.1 Å². The Morgan fingerprint density at radius 3 is 2.60 bits per heavy atom. The number of nitrogens with one attached hydrogen (secondary N) is 1. The van der Waals surface area contributed by atoms with Gasteiger partial charge in [0.2, 0.25) is 5.91 Å². The second kappa shape index (κ2) is 5.66. The molecule has 0 aliphatic carbocycles. The van der Waals surface area contributed by atoms with Crippen LogP contribution < -0.4 is 11.1 Å². The summed E-state index contributed by atoms with van der Waals surface area (Å²) in [5.41, 5.74) is 6.32. The fourth-order valence-electron chi connectivity index (χ4n) is 1.12. The number of carbonyl (C=O) groups is 1. The smallest absolute Gasteiger partial charge is 0.233 e. The minimum absolute atomic E-state index is 0.0688. The number of thioether (sulfide) groups is 1. The molecule has 0 heterocycles. The van der Waals surface area contributed by atoms with E-state index in [9.17, 15) is 4.79 Å². The van der Waals surface area contributed by atoms with Crippen molar-refractivity contribution in [3.8, 4) is 0 Å². The van der Waals surface area contributed by atoms with Crippen LogP contribution in [-0.2, 0) is 4.79 Å². The van der Waals surface area contributed by atoms with E-state index in [1.165, 1.54) is 11.8 Å². The maximum atomic E-state index is 11.5. The number of carbonyl (C=O) groups excluding carboxylic acids is 1. The van der Waals surface area contributed by atoms with Crippen LogP contribution in [0.5, 0.6) is 0 Å². The Morgan fingerprint density at radius 2 is 2.07 bits per heavy atom. The van der Waals surface area contributed by atoms with Gasteiger partial charge in [-0.15, -0.1) is 11.8 Å². The summed E-state index contributed by atoms with van der Waals surface area (Å²) in [5.74, 6) is 0.0688. The highest BCUT2D eigenvalue weighted by molar-refractivity contribution is 8.00. The molecule has 0 saturated heterocycles. The molecule has 1 aromatic carbocycles. The SMILES string of the molecule is CCNC(=O)C(C)Sc1ccc(N)cc1. The Kier molecular flexibility index (Phi) is 4.49. The lowest BCUT2D eigenvalue weighted by Crippen LogP contribution is -2.30. The van der Waals surface area contributed by atoms with Crippen molar-refractivity contribution in [3.05, 3.63) is 24.3 Å². The average Bonchev–Trinajstić information content (AvgIpc) is 2.22. The van der Waals surface area contributed by atoms with Crippen LogP contribution in [-0.4, -0.2) is 17.7 Å². The molecule has 0 radical (unpaired) electrons. The van der Waals surface area contributed by atoms with Gasteiger partial charge in [0.05, 0.1) is 5.25 Å². The van der Waals surface area contributed by atoms with Crippen LogP contribution in [0.2, 0.25) is 0 Å². The van der Waals surface area contributed by atoms with Crippen molar-refractivity contribution in [2.75, 3.05) is 12.3 Å². The van der Waals surface area contributed by atoms with E-state index in [0.717, 1.165) is 10.6 Å². The molecule has 1 atom stereocenters. The van der Waals surface area contributed by atoms with Crippen LogP contribution in [0.25, 0.3) is 0 Å². The van der Waals surface area contributed by atoms with E-state index < -0.39 is 0 Å². The molecule has 4 heteroatoms. The summed E-state index contributed by atoms with van der Waals surface area (Å²) < 4.78 is 0. The zero-order valence-corrected chi connectivity index (χ0v) is 9.80. The molecule has 82 valence electrons. The third-order valence-corrected chi connectivity index (χ3v) is 3.03. The summed E-state index contributed by atoms with van der Waals surface area (Å²) in [7, 11) is 0. The Morgan fingerprint density at radius 1 is 1.47 bits per heavy atom. The van der Waals surface area contributed by atoms with Gasteiger partial charge in [0.1, 0.15) is 0 Å². The van der Waals surface area contributed by atoms with E-state index in [0.29, 0.717) is 6.54 Å². The van der Waals surface area contributed by atoms with Gasteiger partial charge in [0.25, 0.3) is 0 Å². The lowest BCUT2D eigenvalue weighted by atomic mass is 10.3. The summed E-state index contributed by atoms with van der Waals surface area (Å²) in [6, 6.07) is 7.53. The van der Waals surface area contributed by atoms with Crippen LogP contribution in [0.15, 0.2) is 29.2 Å². The van der Waals surface area contributed by atoms with E-state index in [2.05, 4.69) is 5.32 Å². The third-order valence-electron chi connectivity index (χ3n) is 1.91. The van der Waals surface area contributed by atoms with Crippen LogP contribution in [0.3, 0.4) is 0 Å². The molecule has 0 aromatic heterocycles. The van der Waals surface area contributed by atoms with Crippen molar-refractivity contribution in [3.63, 3.8) is 0 Å². The van der Waals surface area contributed by atoms with Crippen LogP contribution in [0, 0.1) is 0 Å². The first-order chi connectivity index (χ1) is 7.13. The molecule has 15 heavy (non-hydrogen) atoms. The number of amides is 1. The highest BCUT2D eigenvalue weighted by atomic mass is 32.2. The number of benzene rings is 1. The van der Waals surface area contributed by atoms with Crippen molar-refractivity contribution in [1.29, 1.82) is 0 Å². The summed E-state index contributed by atoms with van der Waals surface area (Å²) >= 11 is 1.53. The van der Waals surface area contributed by atoms with Gasteiger partial charge < -0.3 is 11.1 Å². The Balaban J connectivity index is 2.54. The van der Waals surface area contributed by atoms with Crippen LogP contribution >= 0.6 is 11.8 Å². The molecule has 1 amide bonds. The first-order valence-electron chi connectivity index (χ1n) is 4.93. The number of anilines is 1. The van der Waals surface area contributed by atoms with Crippen LogP contribution in [0.1, 0.15) is 13.8 Å². The van der Waals surface area contributed by atoms with Crippen molar-refractivity contribution in [2.24, 2.45) is 0 Å². The van der Waals surface area contributed by atoms with Crippen molar-refractivity contribution >= 4 is 23.4 Å². The molecule has 0 bridgehead atoms. The monoisotopic (exact) mass is 224 g/mol. The Bertz CT molecular complexity index is 324. The normalized spacial score (nSPS) is 12.1. The topological polar surface area (TPSA) is 55.1 Å². The van der Waals surface area contributed by atoms with Crippen molar-refractivity contribution in [1.82, 2.24) is 5.32 Å². The van der Waals surface area contributed by atoms with E-state index in [1.54, 1.807) is 0 Å². The van der Waals surface area contributed by atoms with E-state index in [-0.39, 0.29) is 11.2 Å². The Labute approximate surface area is 94.4 Å². The first kappa shape index (κ1) is 11.9. The molecule has 0 aliphatic heterocycles. The minimum atomic E-state index is -0.0754. The molecule has 0 saturated carbocycles. The standard InChI is InChI=1S/C11H16N2OS/c1-3-13-11(14)8(2)15-10-6-4-9(12)5-7-10/h4-8H,3,12H2,1-2H3,(H,13,14). The largest absolute Gasteiger partial charge is 0.399 e. The summed E-state index contributed by atoms with van der Waals surface area (Å²) in [4.78, 5) is 12.5. The van der Waals surface area contributed by atoms with E-state index >= 15 is 0 Å². The molecule has 0 fully saturated rings. The van der Waals surface area contributed by atoms with Gasteiger partial charge in [0.15, 0.2) is 0 Å². The van der Waals surface area contributed by atoms with E-state index in [1.807, 2.05) is 38.1 Å². The number of hydrogen-bond donors (Lipinski definition) is 2. The fourth-order valence-corrected chi connectivity index (χ4v) is 2.01. The third kappa shape index (κ3) is 3.83. The van der Waals surface area contributed by atoms with Gasteiger partial charge >= 0.3 is 0 Å². The van der Waals surface area contributed by atoms with Gasteiger partial charge in [-0.25, -0.2) is 0 Å². The lowest BCUT2D eigenvalue weighted by molar-refractivity contribution is -0.120. The predicted octanol–water partition coefficient (Wildman–Crippen LogP) is 1.89. The zero-order valence-electron chi connectivity index (χ0n) is 8.99. The maximum absolute atomic E-state index is 11.5. The summed E-state index contributed by atoms with van der Waals surface area (Å²) in [6.07, 6.45) is 0. The van der Waals surface area contributed by atoms with Gasteiger partial charge in [-0.05, 0) is 38.1 Å². The molecule has 0 aliphatic rings. The summed E-state index contributed by atoms with van der Waals surface area (Å²) in [5, 5.41) is 2.72. The number of rotatable bonds is 4. The van der Waals surface area contributed by atoms with Gasteiger partial charge in [-0.3, -0.25) is 4.79 Å². The van der Waals surface area contributed by atoms with Crippen molar-refractivity contribution in [2.45, 2.75) is 24.0 Å². The molecule has 1 aromatic rings. The number of nitrogens with two attached hydrogens (primary N) is 1. The molecule has 1 rings (SSSR count). The van der Waals surface area contributed by atoms with Crippen molar-refractivity contribution < 1.29 is 4.79 Å². The van der Waals surface area contributed by atoms with Crippen LogP contribution in [0.4, 0.5) is 5.69 Å². The predicted molar refractivity (Wildman–Crippen MR) is 64.9 cm³/mol. The first-order valence-corrected chi connectivity index (χ1v) is 5.81. The molecular weight excluding hydrogens is 208 g/mol. The lowest BCUT2D eigenvalue weighted by Gasteiger charge is -2.10. The van der Waals surface area contributed by atoms with Gasteiger partial charge in [-0.1, -0.05) is 0 Å². The van der Waals surface area contributed by atoms with Gasteiger partial charge in [-0.2, -0.15) is 0 Å². The molecule has 3 N–H and O–H groups in total. The fraction of sp³-hybridized carbons (Fsp3) is 0.364. The number of hydrogen-bond acceptors (Lipinski definition) is 3. The molecular formula is C11H16N2OS. The Hall–Kier alpha value is -1.16. The highest BCUT2D eigenvalue weighted by Crippen LogP contribution is 2.23. The molecule has 0 spiro atoms. The second-order valence-corrected chi connectivity index (χ2v) is 4.64. The minimum Gasteiger partial charge on any atom is -0.399 e. The zero-order chi connectivity index (χ0) is 11.3. The molecule has 1 unspecified atom stereocenters. The molecule has 3 nitrogen and oxygen atoms in total.